The number of ether oxygens (including phenoxy) is 3. The molecule has 0 saturated carbocycles. The summed E-state index contributed by atoms with van der Waals surface area (Å²) in [5.74, 6) is -1.43. The summed E-state index contributed by atoms with van der Waals surface area (Å²) in [6.07, 6.45) is -0.374. The summed E-state index contributed by atoms with van der Waals surface area (Å²) in [7, 11) is 0. The van der Waals surface area contributed by atoms with Crippen LogP contribution in [0.2, 0.25) is 5.02 Å². The Morgan fingerprint density at radius 2 is 1.66 bits per heavy atom. The number of carbonyl (C=O) groups excluding carboxylic acids is 2. The van der Waals surface area contributed by atoms with E-state index in [4.69, 9.17) is 25.8 Å². The van der Waals surface area contributed by atoms with Crippen LogP contribution in [-0.2, 0) is 9.47 Å². The molecule has 0 aromatic heterocycles. The molecular weight excluding hydrogens is 401 g/mol. The summed E-state index contributed by atoms with van der Waals surface area (Å²) in [5, 5.41) is 0.110. The Hall–Kier alpha value is -2.02. The molecule has 0 unspecified atom stereocenters. The normalized spacial score (nSPS) is 16.1. The Bertz CT molecular complexity index is 791. The van der Waals surface area contributed by atoms with Crippen molar-refractivity contribution in [3.63, 3.8) is 0 Å². The molecule has 0 bridgehead atoms. The smallest absolute Gasteiger partial charge is 0.410 e. The van der Waals surface area contributed by atoms with Crippen molar-refractivity contribution >= 4 is 23.7 Å². The molecule has 162 valence electrons. The van der Waals surface area contributed by atoms with Crippen molar-refractivity contribution in [2.75, 3.05) is 19.7 Å². The second-order valence-corrected chi connectivity index (χ2v) is 10.1. The molecule has 1 aliphatic rings. The van der Waals surface area contributed by atoms with Crippen molar-refractivity contribution in [1.29, 1.82) is 0 Å². The van der Waals surface area contributed by atoms with Gasteiger partial charge in [-0.2, -0.15) is 0 Å². The van der Waals surface area contributed by atoms with Gasteiger partial charge in [-0.1, -0.05) is 18.5 Å². The number of nitrogens with zero attached hydrogens (tertiary/aromatic N) is 1. The summed E-state index contributed by atoms with van der Waals surface area (Å²) in [5.41, 5.74) is -1.85. The molecule has 2 rings (SSSR count). The number of halogens is 2. The molecule has 1 aliphatic heterocycles. The van der Waals surface area contributed by atoms with Gasteiger partial charge in [-0.25, -0.2) is 14.0 Å². The van der Waals surface area contributed by atoms with Crippen LogP contribution >= 0.6 is 11.6 Å². The molecule has 1 amide bonds. The minimum atomic E-state index is -0.789. The molecule has 1 heterocycles. The van der Waals surface area contributed by atoms with Crippen molar-refractivity contribution in [2.45, 2.75) is 59.7 Å². The molecule has 1 fully saturated rings. The predicted molar refractivity (Wildman–Crippen MR) is 108 cm³/mol. The summed E-state index contributed by atoms with van der Waals surface area (Å²) < 4.78 is 30.6. The second-order valence-electron chi connectivity index (χ2n) is 9.70. The van der Waals surface area contributed by atoms with E-state index in [1.54, 1.807) is 25.7 Å². The number of rotatable bonds is 4. The van der Waals surface area contributed by atoms with Crippen LogP contribution in [0.25, 0.3) is 0 Å². The maximum absolute atomic E-state index is 14.4. The van der Waals surface area contributed by atoms with Crippen LogP contribution in [0.3, 0.4) is 0 Å². The monoisotopic (exact) mass is 429 g/mol. The van der Waals surface area contributed by atoms with Crippen molar-refractivity contribution in [3.8, 4) is 5.75 Å². The maximum atomic E-state index is 14.4. The lowest BCUT2D eigenvalue weighted by Gasteiger charge is -2.47. The van der Waals surface area contributed by atoms with E-state index in [1.807, 2.05) is 27.7 Å². The number of esters is 1. The molecule has 0 radical (unpaired) electrons. The fraction of sp³-hybridized carbons (Fsp3) is 0.619. The van der Waals surface area contributed by atoms with E-state index in [9.17, 15) is 14.0 Å². The summed E-state index contributed by atoms with van der Waals surface area (Å²) in [6.45, 7) is 13.6. The Morgan fingerprint density at radius 1 is 1.10 bits per heavy atom. The Kier molecular flexibility index (Phi) is 6.43. The molecule has 6 nitrogen and oxygen atoms in total. The topological polar surface area (TPSA) is 65.1 Å². The van der Waals surface area contributed by atoms with Crippen molar-refractivity contribution in [2.24, 2.45) is 5.41 Å². The largest absolute Gasteiger partial charge is 0.491 e. The standard InChI is InChI=1S/C21H29ClFNO5/c1-19(2,3)28-17(25)13-8-14(22)16(9-15(13)23)27-12-21(7)10-24(11-21)18(26)29-20(4,5)6/h8-9H,10-12H2,1-7H3. The van der Waals surface area contributed by atoms with Crippen LogP contribution in [0.5, 0.6) is 5.75 Å². The van der Waals surface area contributed by atoms with Gasteiger partial charge < -0.3 is 19.1 Å². The lowest BCUT2D eigenvalue weighted by atomic mass is 9.83. The van der Waals surface area contributed by atoms with E-state index in [-0.39, 0.29) is 34.5 Å². The van der Waals surface area contributed by atoms with Crippen LogP contribution in [0.4, 0.5) is 9.18 Å². The van der Waals surface area contributed by atoms with Gasteiger partial charge in [0.05, 0.1) is 17.2 Å². The van der Waals surface area contributed by atoms with Crippen LogP contribution in [0.1, 0.15) is 58.8 Å². The zero-order valence-electron chi connectivity index (χ0n) is 18.0. The molecule has 0 spiro atoms. The molecular formula is C21H29ClFNO5. The summed E-state index contributed by atoms with van der Waals surface area (Å²) in [4.78, 5) is 25.7. The first-order valence-corrected chi connectivity index (χ1v) is 9.79. The highest BCUT2D eigenvalue weighted by Gasteiger charge is 2.43. The number of hydrogen-bond donors (Lipinski definition) is 0. The zero-order chi connectivity index (χ0) is 22.2. The van der Waals surface area contributed by atoms with Gasteiger partial charge in [0.2, 0.25) is 0 Å². The van der Waals surface area contributed by atoms with E-state index in [1.165, 1.54) is 6.07 Å². The fourth-order valence-electron chi connectivity index (χ4n) is 2.80. The van der Waals surface area contributed by atoms with Crippen LogP contribution in [0.15, 0.2) is 12.1 Å². The lowest BCUT2D eigenvalue weighted by molar-refractivity contribution is -0.0428. The molecule has 1 saturated heterocycles. The molecule has 1 aromatic rings. The highest BCUT2D eigenvalue weighted by molar-refractivity contribution is 6.32. The van der Waals surface area contributed by atoms with E-state index < -0.39 is 23.0 Å². The average Bonchev–Trinajstić information content (AvgIpc) is 2.49. The van der Waals surface area contributed by atoms with Gasteiger partial charge in [0.15, 0.2) is 0 Å². The second kappa shape index (κ2) is 8.01. The SMILES string of the molecule is CC1(COc2cc(F)c(C(=O)OC(C)(C)C)cc2Cl)CN(C(=O)OC(C)(C)C)C1. The Balaban J connectivity index is 1.97. The van der Waals surface area contributed by atoms with E-state index in [0.717, 1.165) is 6.07 Å². The third-order valence-electron chi connectivity index (χ3n) is 4.01. The summed E-state index contributed by atoms with van der Waals surface area (Å²) in [6, 6.07) is 2.28. The molecule has 0 aliphatic carbocycles. The number of likely N-dealkylation sites (tertiary alicyclic amines) is 1. The zero-order valence-corrected chi connectivity index (χ0v) is 18.8. The van der Waals surface area contributed by atoms with Gasteiger partial charge in [-0.05, 0) is 47.6 Å². The maximum Gasteiger partial charge on any atom is 0.410 e. The number of hydrogen-bond acceptors (Lipinski definition) is 5. The highest BCUT2D eigenvalue weighted by atomic mass is 35.5. The first-order valence-electron chi connectivity index (χ1n) is 9.42. The fourth-order valence-corrected chi connectivity index (χ4v) is 3.02. The van der Waals surface area contributed by atoms with Crippen molar-refractivity contribution in [3.05, 3.63) is 28.5 Å². The quantitative estimate of drug-likeness (QED) is 0.625. The van der Waals surface area contributed by atoms with Crippen molar-refractivity contribution < 1.29 is 28.2 Å². The molecule has 29 heavy (non-hydrogen) atoms. The van der Waals surface area contributed by atoms with Gasteiger partial charge >= 0.3 is 12.1 Å². The first-order chi connectivity index (χ1) is 13.1. The average molecular weight is 430 g/mol. The van der Waals surface area contributed by atoms with E-state index in [0.29, 0.717) is 13.1 Å². The van der Waals surface area contributed by atoms with Crippen LogP contribution in [-0.4, -0.2) is 47.9 Å². The molecule has 0 N–H and O–H groups in total. The Morgan fingerprint density at radius 3 is 2.17 bits per heavy atom. The van der Waals surface area contributed by atoms with E-state index >= 15 is 0 Å². The predicted octanol–water partition coefficient (Wildman–Crippen LogP) is 5.07. The molecule has 0 atom stereocenters. The molecule has 8 heteroatoms. The van der Waals surface area contributed by atoms with E-state index in [2.05, 4.69) is 0 Å². The highest BCUT2D eigenvalue weighted by Crippen LogP contribution is 2.34. The number of carbonyl (C=O) groups is 2. The van der Waals surface area contributed by atoms with Gasteiger partial charge in [-0.15, -0.1) is 0 Å². The van der Waals surface area contributed by atoms with Crippen molar-refractivity contribution in [1.82, 2.24) is 4.90 Å². The van der Waals surface area contributed by atoms with Gasteiger partial charge in [0.25, 0.3) is 0 Å². The minimum Gasteiger partial charge on any atom is -0.491 e. The third kappa shape index (κ3) is 6.49. The van der Waals surface area contributed by atoms with Gasteiger partial charge in [0, 0.05) is 24.6 Å². The lowest BCUT2D eigenvalue weighted by Crippen LogP contribution is -2.60. The van der Waals surface area contributed by atoms with Crippen LogP contribution < -0.4 is 4.74 Å². The number of benzene rings is 1. The van der Waals surface area contributed by atoms with Gasteiger partial charge in [0.1, 0.15) is 22.8 Å². The number of amides is 1. The minimum absolute atomic E-state index is 0.110. The van der Waals surface area contributed by atoms with Crippen LogP contribution in [0, 0.1) is 11.2 Å². The Labute approximate surface area is 176 Å². The summed E-state index contributed by atoms with van der Waals surface area (Å²) >= 11 is 6.17. The first kappa shape index (κ1) is 23.3. The molecule has 1 aromatic carbocycles. The van der Waals surface area contributed by atoms with Gasteiger partial charge in [-0.3, -0.25) is 0 Å². The third-order valence-corrected chi connectivity index (χ3v) is 4.31.